The van der Waals surface area contributed by atoms with Gasteiger partial charge in [-0.05, 0) is 42.6 Å². The molecule has 0 saturated carbocycles. The predicted molar refractivity (Wildman–Crippen MR) is 77.1 cm³/mol. The topological polar surface area (TPSA) is 42.8 Å². The fourth-order valence-corrected chi connectivity index (χ4v) is 3.81. The van der Waals surface area contributed by atoms with Gasteiger partial charge in [0.2, 0.25) is 5.88 Å². The normalized spacial score (nSPS) is 17.2. The first-order valence-electron chi connectivity index (χ1n) is 6.02. The summed E-state index contributed by atoms with van der Waals surface area (Å²) >= 11 is 7.45. The van der Waals surface area contributed by atoms with Gasteiger partial charge < -0.3 is 9.72 Å². The molecule has 18 heavy (non-hydrogen) atoms. The minimum atomic E-state index is 0.465. The fraction of sp³-hybridized carbons (Fsp3) is 0.500. The molecule has 96 valence electrons. The smallest absolute Gasteiger partial charge is 0.215 e. The summed E-state index contributed by atoms with van der Waals surface area (Å²) in [6.45, 7) is 0. The van der Waals surface area contributed by atoms with Crippen LogP contribution in [0.5, 0.6) is 5.88 Å². The Morgan fingerprint density at radius 2 is 2.22 bits per heavy atom. The van der Waals surface area contributed by atoms with E-state index in [9.17, 15) is 0 Å². The van der Waals surface area contributed by atoms with Crippen molar-refractivity contribution in [1.29, 1.82) is 0 Å². The first-order valence-corrected chi connectivity index (χ1v) is 7.59. The molecule has 0 amide bonds. The lowest BCUT2D eigenvalue weighted by molar-refractivity contribution is 0.397. The molecule has 6 heteroatoms. The maximum absolute atomic E-state index is 5.43. The number of pyridine rings is 1. The van der Waals surface area contributed by atoms with Crippen molar-refractivity contribution >= 4 is 35.1 Å². The quantitative estimate of drug-likeness (QED) is 0.859. The zero-order chi connectivity index (χ0) is 12.5. The highest BCUT2D eigenvalue weighted by Crippen LogP contribution is 2.30. The predicted octanol–water partition coefficient (Wildman–Crippen LogP) is 3.17. The fourth-order valence-electron chi connectivity index (χ4n) is 2.38. The van der Waals surface area contributed by atoms with Gasteiger partial charge in [-0.2, -0.15) is 16.7 Å². The lowest BCUT2D eigenvalue weighted by Gasteiger charge is -2.23. The van der Waals surface area contributed by atoms with Gasteiger partial charge in [0.1, 0.15) is 0 Å². The van der Waals surface area contributed by atoms with Crippen LogP contribution in [0, 0.1) is 4.77 Å². The van der Waals surface area contributed by atoms with Crippen molar-refractivity contribution in [1.82, 2.24) is 14.5 Å². The molecule has 4 nitrogen and oxygen atoms in total. The summed E-state index contributed by atoms with van der Waals surface area (Å²) in [6.07, 6.45) is 2.32. The molecule has 3 rings (SSSR count). The molecular weight excluding hydrogens is 266 g/mol. The first-order chi connectivity index (χ1) is 8.79. The number of hydrogen-bond acceptors (Lipinski definition) is 4. The molecule has 3 heterocycles. The second-order valence-electron chi connectivity index (χ2n) is 4.37. The molecule has 0 unspecified atom stereocenters. The van der Waals surface area contributed by atoms with Crippen molar-refractivity contribution in [2.45, 2.75) is 18.9 Å². The number of fused-ring (bicyclic) bond motifs is 1. The summed E-state index contributed by atoms with van der Waals surface area (Å²) in [5, 5.41) is 0. The maximum Gasteiger partial charge on any atom is 0.215 e. The number of nitrogens with one attached hydrogen (secondary N) is 1. The van der Waals surface area contributed by atoms with Gasteiger partial charge in [0.05, 0.1) is 12.6 Å². The molecule has 1 saturated heterocycles. The van der Waals surface area contributed by atoms with E-state index in [0.717, 1.165) is 28.8 Å². The lowest BCUT2D eigenvalue weighted by Crippen LogP contribution is -2.15. The SMILES string of the molecule is COc1ccc2[nH]c(=S)n(C3CCSCC3)c2n1. The Bertz CT molecular complexity index is 613. The number of ether oxygens (including phenoxy) is 1. The maximum atomic E-state index is 5.43. The molecule has 0 radical (unpaired) electrons. The number of rotatable bonds is 2. The summed E-state index contributed by atoms with van der Waals surface area (Å²) < 4.78 is 8.12. The van der Waals surface area contributed by atoms with Crippen LogP contribution in [0.2, 0.25) is 0 Å². The molecule has 1 fully saturated rings. The third-order valence-corrected chi connectivity index (χ3v) is 4.65. The molecule has 2 aromatic rings. The molecule has 1 aliphatic heterocycles. The average Bonchev–Trinajstić information content (AvgIpc) is 2.74. The van der Waals surface area contributed by atoms with E-state index >= 15 is 0 Å². The number of aromatic amines is 1. The number of hydrogen-bond donors (Lipinski definition) is 1. The van der Waals surface area contributed by atoms with E-state index in [0.29, 0.717) is 11.9 Å². The van der Waals surface area contributed by atoms with Crippen LogP contribution in [0.4, 0.5) is 0 Å². The molecule has 2 aromatic heterocycles. The highest BCUT2D eigenvalue weighted by molar-refractivity contribution is 7.99. The summed E-state index contributed by atoms with van der Waals surface area (Å²) in [6, 6.07) is 4.30. The molecule has 0 aliphatic carbocycles. The third-order valence-electron chi connectivity index (χ3n) is 3.30. The van der Waals surface area contributed by atoms with E-state index in [1.54, 1.807) is 7.11 Å². The van der Waals surface area contributed by atoms with Gasteiger partial charge in [0.15, 0.2) is 10.4 Å². The van der Waals surface area contributed by atoms with Crippen molar-refractivity contribution < 1.29 is 4.74 Å². The van der Waals surface area contributed by atoms with Crippen LogP contribution in [0.1, 0.15) is 18.9 Å². The molecule has 0 atom stereocenters. The van der Waals surface area contributed by atoms with Crippen LogP contribution in [0.3, 0.4) is 0 Å². The number of H-pyrrole nitrogens is 1. The summed E-state index contributed by atoms with van der Waals surface area (Å²) in [5.74, 6) is 3.03. The second-order valence-corrected chi connectivity index (χ2v) is 5.98. The zero-order valence-electron chi connectivity index (χ0n) is 10.2. The van der Waals surface area contributed by atoms with Gasteiger partial charge >= 0.3 is 0 Å². The molecule has 0 spiro atoms. The van der Waals surface area contributed by atoms with E-state index < -0.39 is 0 Å². The molecular formula is C12H15N3OS2. The van der Waals surface area contributed by atoms with Crippen molar-refractivity contribution in [2.75, 3.05) is 18.6 Å². The summed E-state index contributed by atoms with van der Waals surface area (Å²) in [4.78, 5) is 7.75. The van der Waals surface area contributed by atoms with Crippen LogP contribution in [-0.4, -0.2) is 33.2 Å². The van der Waals surface area contributed by atoms with E-state index in [2.05, 4.69) is 14.5 Å². The number of thioether (sulfide) groups is 1. The van der Waals surface area contributed by atoms with Crippen LogP contribution < -0.4 is 4.74 Å². The van der Waals surface area contributed by atoms with E-state index in [4.69, 9.17) is 17.0 Å². The Morgan fingerprint density at radius 1 is 1.44 bits per heavy atom. The van der Waals surface area contributed by atoms with Crippen LogP contribution in [0.15, 0.2) is 12.1 Å². The minimum absolute atomic E-state index is 0.465. The molecule has 1 N–H and O–H groups in total. The van der Waals surface area contributed by atoms with E-state index in [-0.39, 0.29) is 0 Å². The number of methoxy groups -OCH3 is 1. The van der Waals surface area contributed by atoms with E-state index in [1.165, 1.54) is 11.5 Å². The van der Waals surface area contributed by atoms with Crippen LogP contribution in [0.25, 0.3) is 11.2 Å². The Morgan fingerprint density at radius 3 is 2.94 bits per heavy atom. The molecule has 0 bridgehead atoms. The van der Waals surface area contributed by atoms with Crippen LogP contribution in [-0.2, 0) is 0 Å². The van der Waals surface area contributed by atoms with E-state index in [1.807, 2.05) is 23.9 Å². The summed E-state index contributed by atoms with van der Waals surface area (Å²) in [7, 11) is 1.64. The molecule has 1 aliphatic rings. The Kier molecular flexibility index (Phi) is 3.30. The standard InChI is InChI=1S/C12H15N3OS2/c1-16-10-3-2-9-11(14-10)15(12(17)13-9)8-4-6-18-7-5-8/h2-3,8H,4-7H2,1H3,(H,13,17). The molecule has 0 aromatic carbocycles. The largest absolute Gasteiger partial charge is 0.481 e. The monoisotopic (exact) mass is 281 g/mol. The minimum Gasteiger partial charge on any atom is -0.481 e. The van der Waals surface area contributed by atoms with Gasteiger partial charge in [-0.15, -0.1) is 0 Å². The number of aromatic nitrogens is 3. The highest BCUT2D eigenvalue weighted by atomic mass is 32.2. The van der Waals surface area contributed by atoms with Crippen LogP contribution >= 0.6 is 24.0 Å². The number of nitrogens with zero attached hydrogens (tertiary/aromatic N) is 2. The highest BCUT2D eigenvalue weighted by Gasteiger charge is 2.19. The lowest BCUT2D eigenvalue weighted by atomic mass is 10.1. The van der Waals surface area contributed by atoms with Crippen molar-refractivity contribution in [3.63, 3.8) is 0 Å². The van der Waals surface area contributed by atoms with Crippen molar-refractivity contribution in [2.24, 2.45) is 0 Å². The zero-order valence-corrected chi connectivity index (χ0v) is 11.8. The van der Waals surface area contributed by atoms with Gasteiger partial charge in [-0.3, -0.25) is 4.57 Å². The third kappa shape index (κ3) is 2.03. The number of imidazole rings is 1. The Balaban J connectivity index is 2.13. The van der Waals surface area contributed by atoms with Crippen molar-refractivity contribution in [3.05, 3.63) is 16.9 Å². The van der Waals surface area contributed by atoms with Crippen molar-refractivity contribution in [3.8, 4) is 5.88 Å². The summed E-state index contributed by atoms with van der Waals surface area (Å²) in [5.41, 5.74) is 1.90. The Hall–Kier alpha value is -1.01. The average molecular weight is 281 g/mol. The van der Waals surface area contributed by atoms with Gasteiger partial charge in [0, 0.05) is 12.1 Å². The second kappa shape index (κ2) is 4.93. The van der Waals surface area contributed by atoms with Gasteiger partial charge in [-0.1, -0.05) is 0 Å². The first kappa shape index (κ1) is 12.0. The van der Waals surface area contributed by atoms with Gasteiger partial charge in [0.25, 0.3) is 0 Å². The Labute approximate surface area is 115 Å². The van der Waals surface area contributed by atoms with Gasteiger partial charge in [-0.25, -0.2) is 0 Å².